The number of likely N-dealkylation sites (tertiary alicyclic amines) is 1. The largest absolute Gasteiger partial charge is 0.342 e. The molecule has 1 aromatic rings. The first-order chi connectivity index (χ1) is 13.8. The normalized spacial score (nSPS) is 44.0. The summed E-state index contributed by atoms with van der Waals surface area (Å²) in [6.07, 6.45) is 9.28. The van der Waals surface area contributed by atoms with Gasteiger partial charge >= 0.3 is 0 Å². The van der Waals surface area contributed by atoms with Crippen molar-refractivity contribution in [2.75, 3.05) is 7.05 Å². The summed E-state index contributed by atoms with van der Waals surface area (Å²) in [6, 6.07) is 8.90. The quantitative estimate of drug-likeness (QED) is 0.520. The van der Waals surface area contributed by atoms with Crippen LogP contribution in [-0.4, -0.2) is 23.9 Å². The molecular formula is C26H34ClNO. The molecule has 1 aromatic carbocycles. The molecule has 0 N–H and O–H groups in total. The Labute approximate surface area is 180 Å². The van der Waals surface area contributed by atoms with Gasteiger partial charge in [0.1, 0.15) is 0 Å². The molecule has 29 heavy (non-hydrogen) atoms. The lowest BCUT2D eigenvalue weighted by Gasteiger charge is -2.63. The molecule has 0 bridgehead atoms. The van der Waals surface area contributed by atoms with E-state index in [4.69, 9.17) is 11.6 Å². The van der Waals surface area contributed by atoms with Crippen LogP contribution in [0, 0.1) is 34.5 Å². The predicted molar refractivity (Wildman–Crippen MR) is 120 cm³/mol. The molecule has 3 fully saturated rings. The van der Waals surface area contributed by atoms with Crippen LogP contribution in [0.5, 0.6) is 0 Å². The standard InChI is InChI=1S/C26H34ClNO/c1-16-15-22-26(3,14-12-23(29)28(22)4)21-11-13-25(2)19(9-10-20(25)24(16)21)17-5-7-18(27)8-6-17/h5-9,16,20-22,24H,10-15H2,1-4H3/t16?,20-,21+,22?,24-,25+,26+/m0/s1. The summed E-state index contributed by atoms with van der Waals surface area (Å²) in [5.74, 6) is 3.25. The van der Waals surface area contributed by atoms with Crippen LogP contribution in [0.2, 0.25) is 5.02 Å². The topological polar surface area (TPSA) is 20.3 Å². The van der Waals surface area contributed by atoms with Crippen molar-refractivity contribution in [1.29, 1.82) is 0 Å². The zero-order chi connectivity index (χ0) is 20.6. The third-order valence-electron chi connectivity index (χ3n) is 9.67. The Kier molecular flexibility index (Phi) is 4.48. The zero-order valence-electron chi connectivity index (χ0n) is 18.2. The maximum atomic E-state index is 12.4. The fourth-order valence-corrected chi connectivity index (χ4v) is 8.24. The van der Waals surface area contributed by atoms with Gasteiger partial charge in [0, 0.05) is 24.5 Å². The van der Waals surface area contributed by atoms with Crippen LogP contribution in [0.15, 0.2) is 30.3 Å². The molecule has 2 nitrogen and oxygen atoms in total. The maximum Gasteiger partial charge on any atom is 0.222 e. The first-order valence-corrected chi connectivity index (χ1v) is 11.9. The molecular weight excluding hydrogens is 378 g/mol. The van der Waals surface area contributed by atoms with E-state index in [1.54, 1.807) is 5.57 Å². The van der Waals surface area contributed by atoms with E-state index >= 15 is 0 Å². The number of carbonyl (C=O) groups excluding carboxylic acids is 1. The lowest BCUT2D eigenvalue weighted by atomic mass is 9.44. The highest BCUT2D eigenvalue weighted by molar-refractivity contribution is 6.30. The Morgan fingerprint density at radius 2 is 1.83 bits per heavy atom. The van der Waals surface area contributed by atoms with E-state index in [2.05, 4.69) is 50.9 Å². The van der Waals surface area contributed by atoms with Crippen molar-refractivity contribution in [3.05, 3.63) is 40.9 Å². The molecule has 5 rings (SSSR count). The maximum absolute atomic E-state index is 12.4. The van der Waals surface area contributed by atoms with Crippen molar-refractivity contribution in [3.8, 4) is 0 Å². The molecule has 3 heteroatoms. The highest BCUT2D eigenvalue weighted by atomic mass is 35.5. The van der Waals surface area contributed by atoms with E-state index in [9.17, 15) is 4.79 Å². The highest BCUT2D eigenvalue weighted by Crippen LogP contribution is 2.67. The van der Waals surface area contributed by atoms with E-state index in [0.717, 1.165) is 35.6 Å². The minimum atomic E-state index is 0.267. The lowest BCUT2D eigenvalue weighted by Crippen LogP contribution is -2.63. The molecule has 156 valence electrons. The van der Waals surface area contributed by atoms with Crippen molar-refractivity contribution in [1.82, 2.24) is 4.90 Å². The molecule has 2 unspecified atom stereocenters. The number of carbonyl (C=O) groups is 1. The number of allylic oxidation sites excluding steroid dienone is 2. The molecule has 1 aliphatic heterocycles. The summed E-state index contributed by atoms with van der Waals surface area (Å²) in [7, 11) is 2.06. The summed E-state index contributed by atoms with van der Waals surface area (Å²) in [4.78, 5) is 14.5. The van der Waals surface area contributed by atoms with Crippen LogP contribution in [0.1, 0.15) is 64.9 Å². The molecule has 0 aromatic heterocycles. The Bertz CT molecular complexity index is 860. The Balaban J connectivity index is 1.48. The van der Waals surface area contributed by atoms with E-state index in [1.165, 1.54) is 31.2 Å². The lowest BCUT2D eigenvalue weighted by molar-refractivity contribution is -0.162. The van der Waals surface area contributed by atoms with Crippen LogP contribution in [0.3, 0.4) is 0 Å². The number of rotatable bonds is 1. The van der Waals surface area contributed by atoms with Gasteiger partial charge in [0.2, 0.25) is 5.91 Å². The van der Waals surface area contributed by atoms with Crippen LogP contribution < -0.4 is 0 Å². The Hall–Kier alpha value is -1.28. The van der Waals surface area contributed by atoms with Crippen molar-refractivity contribution >= 4 is 23.1 Å². The first kappa shape index (κ1) is 19.7. The number of benzene rings is 1. The molecule has 7 atom stereocenters. The number of nitrogens with zero attached hydrogens (tertiary/aromatic N) is 1. The summed E-state index contributed by atoms with van der Waals surface area (Å²) in [5.41, 5.74) is 3.45. The van der Waals surface area contributed by atoms with Gasteiger partial charge in [0.15, 0.2) is 0 Å². The van der Waals surface area contributed by atoms with E-state index in [0.29, 0.717) is 17.9 Å². The molecule has 1 saturated heterocycles. The molecule has 0 radical (unpaired) electrons. The van der Waals surface area contributed by atoms with E-state index in [-0.39, 0.29) is 10.8 Å². The van der Waals surface area contributed by atoms with Crippen LogP contribution in [0.4, 0.5) is 0 Å². The second-order valence-corrected chi connectivity index (χ2v) is 11.3. The summed E-state index contributed by atoms with van der Waals surface area (Å²) >= 11 is 6.16. The van der Waals surface area contributed by atoms with Crippen molar-refractivity contribution < 1.29 is 4.79 Å². The van der Waals surface area contributed by atoms with E-state index in [1.807, 2.05) is 12.1 Å². The molecule has 0 spiro atoms. The molecule has 4 aliphatic rings. The van der Waals surface area contributed by atoms with Crippen LogP contribution >= 0.6 is 11.6 Å². The smallest absolute Gasteiger partial charge is 0.222 e. The van der Waals surface area contributed by atoms with Gasteiger partial charge in [0.25, 0.3) is 0 Å². The zero-order valence-corrected chi connectivity index (χ0v) is 19.0. The Morgan fingerprint density at radius 3 is 2.55 bits per heavy atom. The number of hydrogen-bond donors (Lipinski definition) is 0. The summed E-state index contributed by atoms with van der Waals surface area (Å²) in [5, 5.41) is 0.814. The number of hydrogen-bond acceptors (Lipinski definition) is 1. The third kappa shape index (κ3) is 2.70. The highest BCUT2D eigenvalue weighted by Gasteiger charge is 2.61. The molecule has 1 heterocycles. The molecule has 3 aliphatic carbocycles. The van der Waals surface area contributed by atoms with Gasteiger partial charge in [-0.1, -0.05) is 50.6 Å². The van der Waals surface area contributed by atoms with Gasteiger partial charge in [-0.15, -0.1) is 0 Å². The third-order valence-corrected chi connectivity index (χ3v) is 9.92. The van der Waals surface area contributed by atoms with Gasteiger partial charge in [0.05, 0.1) is 0 Å². The predicted octanol–water partition coefficient (Wildman–Crippen LogP) is 6.44. The number of halogens is 1. The fourth-order valence-electron chi connectivity index (χ4n) is 8.11. The van der Waals surface area contributed by atoms with Gasteiger partial charge < -0.3 is 4.90 Å². The Morgan fingerprint density at radius 1 is 1.10 bits per heavy atom. The van der Waals surface area contributed by atoms with Crippen molar-refractivity contribution in [2.45, 2.75) is 65.3 Å². The number of amides is 1. The van der Waals surface area contributed by atoms with Crippen LogP contribution in [0.25, 0.3) is 5.57 Å². The van der Waals surface area contributed by atoms with E-state index < -0.39 is 0 Å². The monoisotopic (exact) mass is 411 g/mol. The summed E-state index contributed by atoms with van der Waals surface area (Å²) in [6.45, 7) is 7.50. The molecule has 2 saturated carbocycles. The molecule has 1 amide bonds. The second-order valence-electron chi connectivity index (χ2n) is 10.8. The first-order valence-electron chi connectivity index (χ1n) is 11.5. The van der Waals surface area contributed by atoms with Gasteiger partial charge in [-0.3, -0.25) is 4.79 Å². The van der Waals surface area contributed by atoms with Gasteiger partial charge in [-0.05, 0) is 89.9 Å². The van der Waals surface area contributed by atoms with Crippen molar-refractivity contribution in [2.24, 2.45) is 34.5 Å². The number of fused-ring (bicyclic) bond motifs is 5. The average molecular weight is 412 g/mol. The SMILES string of the molecule is CC1CC2N(C)C(=O)CC[C@]2(C)[C@@H]2CC[C@]3(C)C(c4ccc(Cl)cc4)=CC[C@H]3[C@H]12. The minimum absolute atomic E-state index is 0.267. The number of piperidine rings is 1. The van der Waals surface area contributed by atoms with Crippen LogP contribution in [-0.2, 0) is 4.79 Å². The minimum Gasteiger partial charge on any atom is -0.342 e. The van der Waals surface area contributed by atoms with Crippen molar-refractivity contribution in [3.63, 3.8) is 0 Å². The fraction of sp³-hybridized carbons (Fsp3) is 0.654. The van der Waals surface area contributed by atoms with Gasteiger partial charge in [-0.25, -0.2) is 0 Å². The second kappa shape index (κ2) is 6.61. The van der Waals surface area contributed by atoms with Gasteiger partial charge in [-0.2, -0.15) is 0 Å². The average Bonchev–Trinajstić information content (AvgIpc) is 3.05. The summed E-state index contributed by atoms with van der Waals surface area (Å²) < 4.78 is 0.